The number of benzene rings is 3. The van der Waals surface area contributed by atoms with Crippen LogP contribution in [0.15, 0.2) is 83.8 Å². The number of halogens is 2. The van der Waals surface area contributed by atoms with Crippen LogP contribution in [0.2, 0.25) is 10.0 Å². The van der Waals surface area contributed by atoms with Gasteiger partial charge in [-0.2, -0.15) is 0 Å². The molecule has 1 unspecified atom stereocenters. The number of amides is 2. The first kappa shape index (κ1) is 29.5. The maximum Gasteiger partial charge on any atom is 0.264 e. The Hall–Kier alpha value is -3.07. The molecule has 0 heterocycles. The first-order valence-corrected chi connectivity index (χ1v) is 14.5. The van der Waals surface area contributed by atoms with E-state index in [1.165, 1.54) is 35.2 Å². The van der Waals surface area contributed by atoms with Crippen LogP contribution in [0.4, 0.5) is 5.69 Å². The molecule has 38 heavy (non-hydrogen) atoms. The van der Waals surface area contributed by atoms with E-state index in [-0.39, 0.29) is 33.1 Å². The second-order valence-electron chi connectivity index (χ2n) is 8.67. The second kappa shape index (κ2) is 13.6. The molecule has 0 bridgehead atoms. The van der Waals surface area contributed by atoms with E-state index in [4.69, 9.17) is 23.2 Å². The number of hydrogen-bond donors (Lipinski definition) is 1. The number of rotatable bonds is 12. The predicted molar refractivity (Wildman–Crippen MR) is 152 cm³/mol. The van der Waals surface area contributed by atoms with Crippen LogP contribution in [0.5, 0.6) is 0 Å². The minimum absolute atomic E-state index is 0.00578. The van der Waals surface area contributed by atoms with Crippen LogP contribution in [-0.4, -0.2) is 44.3 Å². The van der Waals surface area contributed by atoms with E-state index in [1.54, 1.807) is 18.2 Å². The Kier molecular flexibility index (Phi) is 10.6. The molecule has 0 saturated carbocycles. The highest BCUT2D eigenvalue weighted by atomic mass is 35.5. The van der Waals surface area contributed by atoms with Gasteiger partial charge in [-0.25, -0.2) is 8.42 Å². The molecule has 0 aromatic heterocycles. The average molecular weight is 577 g/mol. The lowest BCUT2D eigenvalue weighted by molar-refractivity contribution is -0.140. The lowest BCUT2D eigenvalue weighted by Crippen LogP contribution is -2.52. The number of sulfonamides is 1. The number of nitrogens with one attached hydrogen (secondary N) is 1. The largest absolute Gasteiger partial charge is 0.354 e. The summed E-state index contributed by atoms with van der Waals surface area (Å²) in [5.41, 5.74) is 0.953. The van der Waals surface area contributed by atoms with Crippen molar-refractivity contribution in [1.82, 2.24) is 10.2 Å². The standard InChI is InChI=1S/C28H31Cl2N3O4S/c1-3-15-31-28(35)26(4-2)32(19-21-11-7-5-8-12-21)27(34)20-33(24-17-22(29)16-23(30)18-24)38(36,37)25-13-9-6-10-14-25/h5-14,16-18,26H,3-4,15,19-20H2,1-2H3,(H,31,35). The van der Waals surface area contributed by atoms with E-state index >= 15 is 0 Å². The summed E-state index contributed by atoms with van der Waals surface area (Å²) in [6, 6.07) is 20.6. The fourth-order valence-electron chi connectivity index (χ4n) is 4.00. The quantitative estimate of drug-likeness (QED) is 0.308. The van der Waals surface area contributed by atoms with Gasteiger partial charge in [0.2, 0.25) is 11.8 Å². The summed E-state index contributed by atoms with van der Waals surface area (Å²) >= 11 is 12.4. The summed E-state index contributed by atoms with van der Waals surface area (Å²) in [7, 11) is -4.19. The minimum Gasteiger partial charge on any atom is -0.354 e. The van der Waals surface area contributed by atoms with Crippen LogP contribution in [-0.2, 0) is 26.2 Å². The van der Waals surface area contributed by atoms with Gasteiger partial charge >= 0.3 is 0 Å². The summed E-state index contributed by atoms with van der Waals surface area (Å²) in [6.07, 6.45) is 1.09. The Morgan fingerprint density at radius 3 is 2.03 bits per heavy atom. The van der Waals surface area contributed by atoms with E-state index in [0.717, 1.165) is 16.3 Å². The Morgan fingerprint density at radius 1 is 0.895 bits per heavy atom. The molecule has 0 aliphatic carbocycles. The molecule has 0 saturated heterocycles. The highest BCUT2D eigenvalue weighted by Gasteiger charge is 2.33. The topological polar surface area (TPSA) is 86.8 Å². The van der Waals surface area contributed by atoms with Crippen molar-refractivity contribution >= 4 is 50.7 Å². The van der Waals surface area contributed by atoms with Crippen molar-refractivity contribution in [3.05, 3.63) is 94.5 Å². The average Bonchev–Trinajstić information content (AvgIpc) is 2.90. The zero-order valence-electron chi connectivity index (χ0n) is 21.3. The molecule has 1 atom stereocenters. The van der Waals surface area contributed by atoms with Gasteiger partial charge in [0.15, 0.2) is 0 Å². The maximum absolute atomic E-state index is 13.9. The molecule has 2 amide bonds. The van der Waals surface area contributed by atoms with Gasteiger partial charge in [0.05, 0.1) is 10.6 Å². The molecule has 3 rings (SSSR count). The van der Waals surface area contributed by atoms with Gasteiger partial charge in [-0.1, -0.05) is 85.6 Å². The molecule has 7 nitrogen and oxygen atoms in total. The maximum atomic E-state index is 13.9. The van der Waals surface area contributed by atoms with E-state index in [2.05, 4.69) is 5.32 Å². The fraction of sp³-hybridized carbons (Fsp3) is 0.286. The number of hydrogen-bond acceptors (Lipinski definition) is 4. The lowest BCUT2D eigenvalue weighted by atomic mass is 10.1. The SMILES string of the molecule is CCCNC(=O)C(CC)N(Cc1ccccc1)C(=O)CN(c1cc(Cl)cc(Cl)c1)S(=O)(=O)c1ccccc1. The molecule has 3 aromatic carbocycles. The first-order valence-electron chi connectivity index (χ1n) is 12.3. The smallest absolute Gasteiger partial charge is 0.264 e. The molecular formula is C28H31Cl2N3O4S. The summed E-state index contributed by atoms with van der Waals surface area (Å²) in [5.74, 6) is -0.829. The highest BCUT2D eigenvalue weighted by Crippen LogP contribution is 2.30. The van der Waals surface area contributed by atoms with Crippen molar-refractivity contribution in [2.45, 2.75) is 44.2 Å². The van der Waals surface area contributed by atoms with Gasteiger partial charge in [0, 0.05) is 23.1 Å². The first-order chi connectivity index (χ1) is 18.2. The lowest BCUT2D eigenvalue weighted by Gasteiger charge is -2.33. The highest BCUT2D eigenvalue weighted by molar-refractivity contribution is 7.92. The molecule has 1 N–H and O–H groups in total. The van der Waals surface area contributed by atoms with Crippen LogP contribution >= 0.6 is 23.2 Å². The molecule has 0 aliphatic heterocycles. The van der Waals surface area contributed by atoms with Crippen molar-refractivity contribution in [3.8, 4) is 0 Å². The summed E-state index contributed by atoms with van der Waals surface area (Å²) in [5, 5.41) is 3.30. The molecule has 0 aliphatic rings. The van der Waals surface area contributed by atoms with Gasteiger partial charge in [-0.05, 0) is 48.7 Å². The minimum atomic E-state index is -4.19. The second-order valence-corrected chi connectivity index (χ2v) is 11.4. The summed E-state index contributed by atoms with van der Waals surface area (Å²) in [6.45, 7) is 3.80. The molecule has 3 aromatic rings. The van der Waals surface area contributed by atoms with Crippen molar-refractivity contribution in [3.63, 3.8) is 0 Å². The fourth-order valence-corrected chi connectivity index (χ4v) is 5.93. The summed E-state index contributed by atoms with van der Waals surface area (Å²) in [4.78, 5) is 28.4. The number of carbonyl (C=O) groups excluding carboxylic acids is 2. The van der Waals surface area contributed by atoms with E-state index in [0.29, 0.717) is 13.0 Å². The van der Waals surface area contributed by atoms with Crippen LogP contribution in [0, 0.1) is 0 Å². The van der Waals surface area contributed by atoms with E-state index in [1.807, 2.05) is 44.2 Å². The molecule has 0 radical (unpaired) electrons. The van der Waals surface area contributed by atoms with Gasteiger partial charge < -0.3 is 10.2 Å². The zero-order valence-corrected chi connectivity index (χ0v) is 23.6. The van der Waals surface area contributed by atoms with Crippen molar-refractivity contribution in [2.24, 2.45) is 0 Å². The van der Waals surface area contributed by atoms with E-state index in [9.17, 15) is 18.0 Å². The molecule has 10 heteroatoms. The predicted octanol–water partition coefficient (Wildman–Crippen LogP) is 5.52. The Labute approximate surface area is 234 Å². The number of nitrogens with zero attached hydrogens (tertiary/aromatic N) is 2. The van der Waals surface area contributed by atoms with Gasteiger partial charge in [0.25, 0.3) is 10.0 Å². The normalized spacial score (nSPS) is 12.0. The molecule has 0 fully saturated rings. The van der Waals surface area contributed by atoms with Crippen LogP contribution in [0.3, 0.4) is 0 Å². The Morgan fingerprint density at radius 2 is 1.47 bits per heavy atom. The Balaban J connectivity index is 2.06. The van der Waals surface area contributed by atoms with Crippen molar-refractivity contribution in [2.75, 3.05) is 17.4 Å². The Bertz CT molecular complexity index is 1320. The van der Waals surface area contributed by atoms with Crippen molar-refractivity contribution < 1.29 is 18.0 Å². The van der Waals surface area contributed by atoms with Gasteiger partial charge in [-0.3, -0.25) is 13.9 Å². The molecular weight excluding hydrogens is 545 g/mol. The number of carbonyl (C=O) groups is 2. The third-order valence-corrected chi connectivity index (χ3v) is 8.10. The van der Waals surface area contributed by atoms with E-state index < -0.39 is 28.5 Å². The zero-order chi connectivity index (χ0) is 27.7. The van der Waals surface area contributed by atoms with Gasteiger partial charge in [0.1, 0.15) is 12.6 Å². The molecule has 202 valence electrons. The summed E-state index contributed by atoms with van der Waals surface area (Å²) < 4.78 is 28.5. The van der Waals surface area contributed by atoms with Crippen LogP contribution in [0.1, 0.15) is 32.3 Å². The third-order valence-electron chi connectivity index (χ3n) is 5.88. The van der Waals surface area contributed by atoms with Crippen LogP contribution < -0.4 is 9.62 Å². The molecule has 0 spiro atoms. The van der Waals surface area contributed by atoms with Crippen molar-refractivity contribution in [1.29, 1.82) is 0 Å². The van der Waals surface area contributed by atoms with Crippen LogP contribution in [0.25, 0.3) is 0 Å². The number of anilines is 1. The monoisotopic (exact) mass is 575 g/mol. The van der Waals surface area contributed by atoms with Gasteiger partial charge in [-0.15, -0.1) is 0 Å². The third kappa shape index (κ3) is 7.49.